The second kappa shape index (κ2) is 7.38. The minimum atomic E-state index is 0.254. The molecule has 4 nitrogen and oxygen atoms in total. The SMILES string of the molecule is CC(C)C(N)CCN(C)Cc1coc(-c2ccccc2)n1. The highest BCUT2D eigenvalue weighted by Gasteiger charge is 2.11. The molecule has 1 atom stereocenters. The van der Waals surface area contributed by atoms with Gasteiger partial charge in [0.1, 0.15) is 6.26 Å². The Balaban J connectivity index is 1.88. The lowest BCUT2D eigenvalue weighted by molar-refractivity contribution is 0.293. The van der Waals surface area contributed by atoms with Gasteiger partial charge in [-0.25, -0.2) is 4.98 Å². The van der Waals surface area contributed by atoms with Crippen LogP contribution in [0.15, 0.2) is 41.0 Å². The van der Waals surface area contributed by atoms with Gasteiger partial charge in [-0.1, -0.05) is 32.0 Å². The van der Waals surface area contributed by atoms with E-state index in [9.17, 15) is 0 Å². The van der Waals surface area contributed by atoms with Crippen molar-refractivity contribution in [3.63, 3.8) is 0 Å². The first kappa shape index (κ1) is 15.7. The number of hydrogen-bond acceptors (Lipinski definition) is 4. The van der Waals surface area contributed by atoms with Crippen molar-refractivity contribution in [1.82, 2.24) is 9.88 Å². The van der Waals surface area contributed by atoms with Crippen LogP contribution in [0.25, 0.3) is 11.5 Å². The number of oxazole rings is 1. The predicted octanol–water partition coefficient (Wildman–Crippen LogP) is 3.15. The molecular weight excluding hydrogens is 262 g/mol. The summed E-state index contributed by atoms with van der Waals surface area (Å²) < 4.78 is 5.55. The molecule has 0 saturated heterocycles. The fourth-order valence-electron chi connectivity index (χ4n) is 2.15. The number of hydrogen-bond donors (Lipinski definition) is 1. The maximum atomic E-state index is 6.08. The van der Waals surface area contributed by atoms with Crippen LogP contribution in [-0.2, 0) is 6.54 Å². The van der Waals surface area contributed by atoms with Crippen LogP contribution in [0.5, 0.6) is 0 Å². The Labute approximate surface area is 127 Å². The predicted molar refractivity (Wildman–Crippen MR) is 85.7 cm³/mol. The molecule has 1 aromatic carbocycles. The second-order valence-electron chi connectivity index (χ2n) is 5.94. The highest BCUT2D eigenvalue weighted by Crippen LogP contribution is 2.18. The van der Waals surface area contributed by atoms with Crippen molar-refractivity contribution in [3.05, 3.63) is 42.3 Å². The first-order valence-corrected chi connectivity index (χ1v) is 7.50. The van der Waals surface area contributed by atoms with Crippen LogP contribution in [0.4, 0.5) is 0 Å². The highest BCUT2D eigenvalue weighted by atomic mass is 16.3. The zero-order valence-corrected chi connectivity index (χ0v) is 13.1. The van der Waals surface area contributed by atoms with E-state index in [1.54, 1.807) is 6.26 Å². The van der Waals surface area contributed by atoms with Gasteiger partial charge in [-0.3, -0.25) is 0 Å². The lowest BCUT2D eigenvalue weighted by Gasteiger charge is -2.20. The van der Waals surface area contributed by atoms with E-state index in [-0.39, 0.29) is 6.04 Å². The summed E-state index contributed by atoms with van der Waals surface area (Å²) in [6.07, 6.45) is 2.73. The molecule has 114 valence electrons. The van der Waals surface area contributed by atoms with Crippen LogP contribution in [0.3, 0.4) is 0 Å². The fraction of sp³-hybridized carbons (Fsp3) is 0.471. The summed E-state index contributed by atoms with van der Waals surface area (Å²) in [5, 5.41) is 0. The third-order valence-electron chi connectivity index (χ3n) is 3.70. The molecule has 21 heavy (non-hydrogen) atoms. The van der Waals surface area contributed by atoms with Gasteiger partial charge in [0.05, 0.1) is 5.69 Å². The summed E-state index contributed by atoms with van der Waals surface area (Å²) in [4.78, 5) is 6.77. The number of nitrogens with zero attached hydrogens (tertiary/aromatic N) is 2. The fourth-order valence-corrected chi connectivity index (χ4v) is 2.15. The summed E-state index contributed by atoms with van der Waals surface area (Å²) in [7, 11) is 2.09. The molecule has 1 unspecified atom stereocenters. The quantitative estimate of drug-likeness (QED) is 0.850. The lowest BCUT2D eigenvalue weighted by Crippen LogP contribution is -2.31. The van der Waals surface area contributed by atoms with Gasteiger partial charge in [0, 0.05) is 18.2 Å². The van der Waals surface area contributed by atoms with Gasteiger partial charge in [-0.15, -0.1) is 0 Å². The van der Waals surface area contributed by atoms with Crippen molar-refractivity contribution in [2.45, 2.75) is 32.9 Å². The molecule has 0 aliphatic carbocycles. The lowest BCUT2D eigenvalue weighted by atomic mass is 10.0. The topological polar surface area (TPSA) is 55.3 Å². The molecule has 4 heteroatoms. The van der Waals surface area contributed by atoms with Crippen LogP contribution < -0.4 is 5.73 Å². The van der Waals surface area contributed by atoms with E-state index >= 15 is 0 Å². The average Bonchev–Trinajstić information content (AvgIpc) is 2.94. The second-order valence-corrected chi connectivity index (χ2v) is 5.94. The van der Waals surface area contributed by atoms with Gasteiger partial charge in [0.2, 0.25) is 5.89 Å². The Kier molecular flexibility index (Phi) is 5.53. The van der Waals surface area contributed by atoms with E-state index in [0.717, 1.165) is 30.8 Å². The largest absolute Gasteiger partial charge is 0.444 e. The maximum absolute atomic E-state index is 6.08. The molecule has 1 heterocycles. The van der Waals surface area contributed by atoms with Gasteiger partial charge in [0.15, 0.2) is 0 Å². The minimum absolute atomic E-state index is 0.254. The van der Waals surface area contributed by atoms with E-state index in [1.807, 2.05) is 30.3 Å². The van der Waals surface area contributed by atoms with Crippen molar-refractivity contribution in [2.75, 3.05) is 13.6 Å². The van der Waals surface area contributed by atoms with Crippen LogP contribution in [0.2, 0.25) is 0 Å². The number of rotatable bonds is 7. The Morgan fingerprint density at radius 2 is 1.95 bits per heavy atom. The van der Waals surface area contributed by atoms with Crippen molar-refractivity contribution in [2.24, 2.45) is 11.7 Å². The van der Waals surface area contributed by atoms with Gasteiger partial charge in [-0.05, 0) is 38.1 Å². The van der Waals surface area contributed by atoms with Crippen molar-refractivity contribution < 1.29 is 4.42 Å². The van der Waals surface area contributed by atoms with Gasteiger partial charge in [-0.2, -0.15) is 0 Å². The minimum Gasteiger partial charge on any atom is -0.444 e. The monoisotopic (exact) mass is 287 g/mol. The van der Waals surface area contributed by atoms with Gasteiger partial charge < -0.3 is 15.1 Å². The summed E-state index contributed by atoms with van der Waals surface area (Å²) in [5.41, 5.74) is 8.04. The molecule has 0 amide bonds. The van der Waals surface area contributed by atoms with Crippen LogP contribution in [-0.4, -0.2) is 29.5 Å². The molecule has 2 rings (SSSR count). The highest BCUT2D eigenvalue weighted by molar-refractivity contribution is 5.52. The first-order chi connectivity index (χ1) is 10.1. The Hall–Kier alpha value is -1.65. The van der Waals surface area contributed by atoms with Crippen LogP contribution >= 0.6 is 0 Å². The zero-order valence-electron chi connectivity index (χ0n) is 13.1. The molecule has 1 aromatic heterocycles. The van der Waals surface area contributed by atoms with Crippen molar-refractivity contribution in [3.8, 4) is 11.5 Å². The Bertz CT molecular complexity index is 536. The maximum Gasteiger partial charge on any atom is 0.226 e. The molecule has 0 radical (unpaired) electrons. The van der Waals surface area contributed by atoms with E-state index in [4.69, 9.17) is 10.2 Å². The molecule has 0 spiro atoms. The van der Waals surface area contributed by atoms with E-state index < -0.39 is 0 Å². The molecule has 0 bridgehead atoms. The normalized spacial score (nSPS) is 13.0. The van der Waals surface area contributed by atoms with Gasteiger partial charge in [0.25, 0.3) is 0 Å². The number of nitrogens with two attached hydrogens (primary N) is 1. The summed E-state index contributed by atoms with van der Waals surface area (Å²) >= 11 is 0. The summed E-state index contributed by atoms with van der Waals surface area (Å²) in [5.74, 6) is 1.20. The zero-order chi connectivity index (χ0) is 15.2. The molecule has 0 fully saturated rings. The van der Waals surface area contributed by atoms with Gasteiger partial charge >= 0.3 is 0 Å². The third kappa shape index (κ3) is 4.69. The van der Waals surface area contributed by atoms with E-state index in [2.05, 4.69) is 30.8 Å². The molecule has 2 aromatic rings. The summed E-state index contributed by atoms with van der Waals surface area (Å²) in [6.45, 7) is 6.07. The van der Waals surface area contributed by atoms with E-state index in [1.165, 1.54) is 0 Å². The van der Waals surface area contributed by atoms with Crippen molar-refractivity contribution in [1.29, 1.82) is 0 Å². The molecule has 0 aliphatic heterocycles. The van der Waals surface area contributed by atoms with E-state index in [0.29, 0.717) is 11.8 Å². The number of benzene rings is 1. The van der Waals surface area contributed by atoms with Crippen LogP contribution in [0.1, 0.15) is 26.0 Å². The van der Waals surface area contributed by atoms with Crippen molar-refractivity contribution >= 4 is 0 Å². The Morgan fingerprint density at radius 3 is 2.62 bits per heavy atom. The standard InChI is InChI=1S/C17H25N3O/c1-13(2)16(18)9-10-20(3)11-15-12-21-17(19-15)14-7-5-4-6-8-14/h4-8,12-13,16H,9-11,18H2,1-3H3. The molecule has 0 aliphatic rings. The molecule has 0 saturated carbocycles. The average molecular weight is 287 g/mol. The summed E-state index contributed by atoms with van der Waals surface area (Å²) in [6, 6.07) is 10.2. The third-order valence-corrected chi connectivity index (χ3v) is 3.70. The molecular formula is C17H25N3O. The number of aromatic nitrogens is 1. The van der Waals surface area contributed by atoms with Crippen LogP contribution in [0, 0.1) is 5.92 Å². The Morgan fingerprint density at radius 1 is 1.24 bits per heavy atom. The molecule has 2 N–H and O–H groups in total. The smallest absolute Gasteiger partial charge is 0.226 e. The first-order valence-electron chi connectivity index (χ1n) is 7.50.